The molecule has 16 heavy (non-hydrogen) atoms. The molecule has 0 spiro atoms. The highest BCUT2D eigenvalue weighted by Gasteiger charge is 2.02. The molecular weight excluding hydrogens is 194 g/mol. The average molecular weight is 207 g/mol. The number of benzene rings is 1. The first-order valence-corrected chi connectivity index (χ1v) is 5.55. The van der Waals surface area contributed by atoms with Gasteiger partial charge in [-0.3, -0.25) is 0 Å². The second kappa shape index (κ2) is 3.86. The number of hydrogen-bond donors (Lipinski definition) is 0. The highest BCUT2D eigenvalue weighted by molar-refractivity contribution is 5.84. The summed E-state index contributed by atoms with van der Waals surface area (Å²) in [4.78, 5) is 0. The Bertz CT molecular complexity index is 597. The molecule has 0 bridgehead atoms. The lowest BCUT2D eigenvalue weighted by atomic mass is 10.2. The van der Waals surface area contributed by atoms with Crippen molar-refractivity contribution in [2.75, 3.05) is 0 Å². The van der Waals surface area contributed by atoms with Gasteiger partial charge in [0.25, 0.3) is 0 Å². The van der Waals surface area contributed by atoms with Gasteiger partial charge in [0.05, 0.1) is 5.52 Å². The van der Waals surface area contributed by atoms with E-state index in [4.69, 9.17) is 0 Å². The Hall–Kier alpha value is -2.02. The number of aromatic nitrogens is 1. The molecule has 78 valence electrons. The van der Waals surface area contributed by atoms with Crippen molar-refractivity contribution >= 4 is 16.6 Å². The molecule has 2 aromatic rings. The minimum absolute atomic E-state index is 1.01. The molecular formula is C15H13N. The number of para-hydroxylation sites is 1. The average Bonchev–Trinajstić information content (AvgIpc) is 2.57. The molecule has 0 unspecified atom stereocenters. The molecule has 0 fully saturated rings. The fourth-order valence-electron chi connectivity index (χ4n) is 2.04. The molecule has 1 aliphatic carbocycles. The van der Waals surface area contributed by atoms with Gasteiger partial charge in [-0.15, -0.1) is 0 Å². The zero-order chi connectivity index (χ0) is 10.8. The van der Waals surface area contributed by atoms with Crippen LogP contribution >= 0.6 is 0 Å². The Labute approximate surface area is 95.0 Å². The number of rotatable bonds is 1. The van der Waals surface area contributed by atoms with Gasteiger partial charge in [0.1, 0.15) is 0 Å². The van der Waals surface area contributed by atoms with Crippen LogP contribution in [0.2, 0.25) is 0 Å². The van der Waals surface area contributed by atoms with Crippen LogP contribution in [-0.4, -0.2) is 4.57 Å². The van der Waals surface area contributed by atoms with Gasteiger partial charge in [0, 0.05) is 11.9 Å². The molecule has 0 aliphatic heterocycles. The number of allylic oxidation sites excluding steroid dienone is 6. The van der Waals surface area contributed by atoms with Crippen LogP contribution in [-0.2, 0) is 0 Å². The summed E-state index contributed by atoms with van der Waals surface area (Å²) in [5.74, 6) is 0. The maximum absolute atomic E-state index is 2.22. The predicted molar refractivity (Wildman–Crippen MR) is 69.1 cm³/mol. The Balaban J connectivity index is 2.19. The Kier molecular flexibility index (Phi) is 2.22. The Morgan fingerprint density at radius 3 is 2.94 bits per heavy atom. The van der Waals surface area contributed by atoms with Gasteiger partial charge in [-0.05, 0) is 36.1 Å². The predicted octanol–water partition coefficient (Wildman–Crippen LogP) is 4.00. The minimum atomic E-state index is 1.01. The summed E-state index contributed by atoms with van der Waals surface area (Å²) in [6, 6.07) is 10.6. The van der Waals surface area contributed by atoms with Gasteiger partial charge in [0.15, 0.2) is 0 Å². The topological polar surface area (TPSA) is 4.93 Å². The molecule has 1 heteroatoms. The van der Waals surface area contributed by atoms with Crippen molar-refractivity contribution in [2.24, 2.45) is 0 Å². The summed E-state index contributed by atoms with van der Waals surface area (Å²) < 4.78 is 2.22. The quantitative estimate of drug-likeness (QED) is 0.666. The highest BCUT2D eigenvalue weighted by atomic mass is 15.0. The van der Waals surface area contributed by atoms with Crippen LogP contribution < -0.4 is 0 Å². The van der Waals surface area contributed by atoms with Crippen LogP contribution in [0.15, 0.2) is 66.9 Å². The maximum Gasteiger partial charge on any atom is 0.0528 e. The van der Waals surface area contributed by atoms with Crippen LogP contribution in [0.25, 0.3) is 16.6 Å². The van der Waals surface area contributed by atoms with E-state index in [0.29, 0.717) is 0 Å². The summed E-state index contributed by atoms with van der Waals surface area (Å²) in [6.07, 6.45) is 13.9. The van der Waals surface area contributed by atoms with E-state index in [1.165, 1.54) is 16.6 Å². The van der Waals surface area contributed by atoms with Crippen LogP contribution in [0.3, 0.4) is 0 Å². The van der Waals surface area contributed by atoms with Gasteiger partial charge in [0.2, 0.25) is 0 Å². The van der Waals surface area contributed by atoms with Crippen molar-refractivity contribution in [3.05, 3.63) is 66.9 Å². The summed E-state index contributed by atoms with van der Waals surface area (Å²) >= 11 is 0. The fourth-order valence-corrected chi connectivity index (χ4v) is 2.04. The van der Waals surface area contributed by atoms with E-state index in [1.54, 1.807) is 0 Å². The van der Waals surface area contributed by atoms with Crippen LogP contribution in [0.4, 0.5) is 0 Å². The number of fused-ring (bicyclic) bond motifs is 1. The third-order valence-electron chi connectivity index (χ3n) is 2.84. The highest BCUT2D eigenvalue weighted by Crippen LogP contribution is 2.21. The molecule has 1 aromatic carbocycles. The van der Waals surface area contributed by atoms with Crippen LogP contribution in [0, 0.1) is 0 Å². The lowest BCUT2D eigenvalue weighted by Crippen LogP contribution is -1.91. The molecule has 0 saturated heterocycles. The first-order chi connectivity index (χ1) is 7.95. The summed E-state index contributed by atoms with van der Waals surface area (Å²) in [5, 5.41) is 1.28. The van der Waals surface area contributed by atoms with E-state index < -0.39 is 0 Å². The third-order valence-corrected chi connectivity index (χ3v) is 2.84. The normalized spacial score (nSPS) is 15.1. The second-order valence-corrected chi connectivity index (χ2v) is 3.90. The van der Waals surface area contributed by atoms with Crippen molar-refractivity contribution in [1.82, 2.24) is 4.57 Å². The van der Waals surface area contributed by atoms with Crippen LogP contribution in [0.5, 0.6) is 0 Å². The number of nitrogens with zero attached hydrogens (tertiary/aromatic N) is 1. The lowest BCUT2D eigenvalue weighted by molar-refractivity contribution is 1.18. The van der Waals surface area contributed by atoms with E-state index in [-0.39, 0.29) is 0 Å². The summed E-state index contributed by atoms with van der Waals surface area (Å²) in [6.45, 7) is 0. The van der Waals surface area contributed by atoms with E-state index in [2.05, 4.69) is 71.5 Å². The Morgan fingerprint density at radius 2 is 1.94 bits per heavy atom. The van der Waals surface area contributed by atoms with Gasteiger partial charge in [-0.25, -0.2) is 0 Å². The zero-order valence-electron chi connectivity index (χ0n) is 9.01. The largest absolute Gasteiger partial charge is 0.317 e. The maximum atomic E-state index is 2.22. The smallest absolute Gasteiger partial charge is 0.0528 e. The summed E-state index contributed by atoms with van der Waals surface area (Å²) in [5.41, 5.74) is 2.48. The SMILES string of the molecule is C1=CCC=CC(n2ccc3ccccc32)=C1. The van der Waals surface area contributed by atoms with Crippen molar-refractivity contribution in [2.45, 2.75) is 6.42 Å². The molecule has 1 nitrogen and oxygen atoms in total. The van der Waals surface area contributed by atoms with Crippen molar-refractivity contribution < 1.29 is 0 Å². The Morgan fingerprint density at radius 1 is 1.00 bits per heavy atom. The van der Waals surface area contributed by atoms with Crippen molar-refractivity contribution in [3.63, 3.8) is 0 Å². The van der Waals surface area contributed by atoms with Crippen molar-refractivity contribution in [1.29, 1.82) is 0 Å². The van der Waals surface area contributed by atoms with E-state index in [0.717, 1.165) is 6.42 Å². The zero-order valence-corrected chi connectivity index (χ0v) is 9.01. The molecule has 1 heterocycles. The van der Waals surface area contributed by atoms with Crippen molar-refractivity contribution in [3.8, 4) is 0 Å². The second-order valence-electron chi connectivity index (χ2n) is 3.90. The molecule has 3 rings (SSSR count). The van der Waals surface area contributed by atoms with E-state index in [9.17, 15) is 0 Å². The van der Waals surface area contributed by atoms with Gasteiger partial charge < -0.3 is 4.57 Å². The molecule has 1 aromatic heterocycles. The van der Waals surface area contributed by atoms with Gasteiger partial charge in [-0.1, -0.05) is 36.4 Å². The minimum Gasteiger partial charge on any atom is -0.317 e. The van der Waals surface area contributed by atoms with Crippen LogP contribution in [0.1, 0.15) is 6.42 Å². The molecule has 0 atom stereocenters. The van der Waals surface area contributed by atoms with E-state index in [1.807, 2.05) is 0 Å². The first-order valence-electron chi connectivity index (χ1n) is 5.55. The fraction of sp³-hybridized carbons (Fsp3) is 0.0667. The standard InChI is InChI=1S/C15H13N/c1-2-4-9-14(8-3-1)16-12-11-13-7-5-6-10-15(13)16/h1,3-12H,2H2. The lowest BCUT2D eigenvalue weighted by Gasteiger charge is -2.05. The van der Waals surface area contributed by atoms with Gasteiger partial charge >= 0.3 is 0 Å². The third kappa shape index (κ3) is 1.50. The molecule has 0 amide bonds. The monoisotopic (exact) mass is 207 g/mol. The molecule has 0 N–H and O–H groups in total. The van der Waals surface area contributed by atoms with E-state index >= 15 is 0 Å². The number of hydrogen-bond acceptors (Lipinski definition) is 0. The molecule has 0 radical (unpaired) electrons. The molecule has 1 aliphatic rings. The van der Waals surface area contributed by atoms with Gasteiger partial charge in [-0.2, -0.15) is 0 Å². The summed E-state index contributed by atoms with van der Waals surface area (Å²) in [7, 11) is 0. The first kappa shape index (κ1) is 9.22. The molecule has 0 saturated carbocycles.